The molecule has 2 nitrogen and oxygen atoms in total. The first kappa shape index (κ1) is 15.9. The fourth-order valence-electron chi connectivity index (χ4n) is 2.64. The van der Waals surface area contributed by atoms with E-state index in [1.165, 1.54) is 5.56 Å². The van der Waals surface area contributed by atoms with Gasteiger partial charge in [-0.25, -0.2) is 0 Å². The van der Waals surface area contributed by atoms with E-state index >= 15 is 0 Å². The summed E-state index contributed by atoms with van der Waals surface area (Å²) in [4.78, 5) is 0. The molecule has 1 rings (SSSR count). The van der Waals surface area contributed by atoms with Gasteiger partial charge in [-0.05, 0) is 37.7 Å². The predicted octanol–water partition coefficient (Wildman–Crippen LogP) is 4.42. The second kappa shape index (κ2) is 6.83. The van der Waals surface area contributed by atoms with E-state index < -0.39 is 0 Å². The molecule has 0 radical (unpaired) electrons. The Kier molecular flexibility index (Phi) is 5.71. The fourth-order valence-corrected chi connectivity index (χ4v) is 2.64. The number of hydrogen-bond donors (Lipinski definition) is 1. The quantitative estimate of drug-likeness (QED) is 0.824. The number of rotatable bonds is 6. The van der Waals surface area contributed by atoms with Gasteiger partial charge in [0.25, 0.3) is 0 Å². The van der Waals surface area contributed by atoms with Crippen LogP contribution in [0.3, 0.4) is 0 Å². The number of benzene rings is 1. The Labute approximate surface area is 117 Å². The van der Waals surface area contributed by atoms with Gasteiger partial charge < -0.3 is 9.84 Å². The van der Waals surface area contributed by atoms with Crippen molar-refractivity contribution in [3.63, 3.8) is 0 Å². The normalized spacial score (nSPS) is 11.1. The van der Waals surface area contributed by atoms with Crippen molar-refractivity contribution < 1.29 is 9.84 Å². The molecule has 0 bridgehead atoms. The molecule has 0 aromatic heterocycles. The maximum absolute atomic E-state index is 10.4. The van der Waals surface area contributed by atoms with Crippen LogP contribution in [0.5, 0.6) is 11.5 Å². The van der Waals surface area contributed by atoms with Gasteiger partial charge in [-0.2, -0.15) is 0 Å². The molecular weight excluding hydrogens is 236 g/mol. The molecule has 0 saturated heterocycles. The molecule has 0 atom stereocenters. The van der Waals surface area contributed by atoms with Crippen LogP contribution in [0, 0.1) is 12.8 Å². The Bertz CT molecular complexity index is 434. The summed E-state index contributed by atoms with van der Waals surface area (Å²) >= 11 is 0. The molecule has 0 aliphatic rings. The van der Waals surface area contributed by atoms with Gasteiger partial charge in [0.1, 0.15) is 11.5 Å². The van der Waals surface area contributed by atoms with Gasteiger partial charge in [-0.3, -0.25) is 0 Å². The smallest absolute Gasteiger partial charge is 0.126 e. The Morgan fingerprint density at radius 3 is 1.89 bits per heavy atom. The second-order valence-corrected chi connectivity index (χ2v) is 5.50. The third kappa shape index (κ3) is 3.23. The van der Waals surface area contributed by atoms with Crippen molar-refractivity contribution in [3.8, 4) is 11.5 Å². The molecule has 0 amide bonds. The van der Waals surface area contributed by atoms with Crippen LogP contribution in [0.1, 0.15) is 56.9 Å². The summed E-state index contributed by atoms with van der Waals surface area (Å²) in [5.74, 6) is 1.99. The second-order valence-electron chi connectivity index (χ2n) is 5.50. The fraction of sp³-hybridized carbons (Fsp3) is 0.647. The molecule has 0 aliphatic heterocycles. The highest BCUT2D eigenvalue weighted by Gasteiger charge is 2.19. The molecule has 1 N–H and O–H groups in total. The molecule has 2 heteroatoms. The standard InChI is InChI=1S/C17H28O2/c1-7-13-12(6)17(19-10-11(4)5)15(9-3)14(8-2)16(13)18/h11,18H,7-10H2,1-6H3. The van der Waals surface area contributed by atoms with Gasteiger partial charge in [0.15, 0.2) is 0 Å². The number of aromatic hydroxyl groups is 1. The molecular formula is C17H28O2. The first-order valence-electron chi connectivity index (χ1n) is 7.46. The summed E-state index contributed by atoms with van der Waals surface area (Å²) in [6.07, 6.45) is 2.59. The summed E-state index contributed by atoms with van der Waals surface area (Å²) < 4.78 is 6.05. The molecule has 0 unspecified atom stereocenters. The van der Waals surface area contributed by atoms with Crippen molar-refractivity contribution in [1.29, 1.82) is 0 Å². The Hall–Kier alpha value is -1.18. The van der Waals surface area contributed by atoms with Crippen LogP contribution < -0.4 is 4.74 Å². The molecule has 108 valence electrons. The Balaban J connectivity index is 3.40. The first-order valence-corrected chi connectivity index (χ1v) is 7.46. The molecule has 1 aromatic rings. The number of hydrogen-bond acceptors (Lipinski definition) is 2. The lowest BCUT2D eigenvalue weighted by Gasteiger charge is -2.22. The number of phenolic OH excluding ortho intramolecular Hbond substituents is 1. The molecule has 0 saturated carbocycles. The van der Waals surface area contributed by atoms with E-state index in [2.05, 4.69) is 41.5 Å². The highest BCUT2D eigenvalue weighted by atomic mass is 16.5. The minimum absolute atomic E-state index is 0.483. The van der Waals surface area contributed by atoms with Crippen molar-refractivity contribution >= 4 is 0 Å². The minimum atomic E-state index is 0.483. The average molecular weight is 264 g/mol. The largest absolute Gasteiger partial charge is 0.507 e. The maximum atomic E-state index is 10.4. The molecule has 0 aliphatic carbocycles. The minimum Gasteiger partial charge on any atom is -0.507 e. The molecule has 0 heterocycles. The van der Waals surface area contributed by atoms with Crippen LogP contribution in [0.15, 0.2) is 0 Å². The Morgan fingerprint density at radius 1 is 0.947 bits per heavy atom. The molecule has 19 heavy (non-hydrogen) atoms. The van der Waals surface area contributed by atoms with Gasteiger partial charge >= 0.3 is 0 Å². The van der Waals surface area contributed by atoms with Gasteiger partial charge in [-0.15, -0.1) is 0 Å². The third-order valence-corrected chi connectivity index (χ3v) is 3.62. The SMILES string of the molecule is CCc1c(C)c(OCC(C)C)c(CC)c(CC)c1O. The lowest BCUT2D eigenvalue weighted by atomic mass is 9.92. The van der Waals surface area contributed by atoms with Crippen LogP contribution in [-0.4, -0.2) is 11.7 Å². The zero-order valence-electron chi connectivity index (χ0n) is 13.3. The highest BCUT2D eigenvalue weighted by Crippen LogP contribution is 2.39. The van der Waals surface area contributed by atoms with Gasteiger partial charge in [-0.1, -0.05) is 34.6 Å². The van der Waals surface area contributed by atoms with Crippen molar-refractivity contribution in [2.45, 2.75) is 60.8 Å². The van der Waals surface area contributed by atoms with Crippen molar-refractivity contribution in [2.75, 3.05) is 6.61 Å². The summed E-state index contributed by atoms with van der Waals surface area (Å²) in [6, 6.07) is 0. The average Bonchev–Trinajstić information content (AvgIpc) is 2.37. The van der Waals surface area contributed by atoms with E-state index in [0.29, 0.717) is 11.7 Å². The summed E-state index contributed by atoms with van der Waals surface area (Å²) in [7, 11) is 0. The maximum Gasteiger partial charge on any atom is 0.126 e. The topological polar surface area (TPSA) is 29.5 Å². The van der Waals surface area contributed by atoms with E-state index in [0.717, 1.165) is 48.3 Å². The molecule has 1 aromatic carbocycles. The van der Waals surface area contributed by atoms with Gasteiger partial charge in [0, 0.05) is 16.7 Å². The van der Waals surface area contributed by atoms with Crippen LogP contribution >= 0.6 is 0 Å². The molecule has 0 spiro atoms. The van der Waals surface area contributed by atoms with E-state index in [4.69, 9.17) is 4.74 Å². The van der Waals surface area contributed by atoms with Crippen LogP contribution in [0.4, 0.5) is 0 Å². The highest BCUT2D eigenvalue weighted by molar-refractivity contribution is 5.58. The zero-order chi connectivity index (χ0) is 14.6. The van der Waals surface area contributed by atoms with Gasteiger partial charge in [0.05, 0.1) is 6.61 Å². The summed E-state index contributed by atoms with van der Waals surface area (Å²) in [6.45, 7) is 13.4. The van der Waals surface area contributed by atoms with Crippen molar-refractivity contribution in [1.82, 2.24) is 0 Å². The van der Waals surface area contributed by atoms with E-state index in [-0.39, 0.29) is 0 Å². The predicted molar refractivity (Wildman–Crippen MR) is 81.3 cm³/mol. The Morgan fingerprint density at radius 2 is 1.47 bits per heavy atom. The zero-order valence-corrected chi connectivity index (χ0v) is 13.3. The van der Waals surface area contributed by atoms with Crippen LogP contribution in [0.25, 0.3) is 0 Å². The number of phenols is 1. The van der Waals surface area contributed by atoms with Crippen LogP contribution in [-0.2, 0) is 19.3 Å². The monoisotopic (exact) mass is 264 g/mol. The van der Waals surface area contributed by atoms with Gasteiger partial charge in [0.2, 0.25) is 0 Å². The van der Waals surface area contributed by atoms with E-state index in [1.807, 2.05) is 0 Å². The molecule has 0 fully saturated rings. The lowest BCUT2D eigenvalue weighted by molar-refractivity contribution is 0.266. The van der Waals surface area contributed by atoms with Crippen molar-refractivity contribution in [3.05, 3.63) is 22.3 Å². The first-order chi connectivity index (χ1) is 8.97. The number of ether oxygens (including phenoxy) is 1. The van der Waals surface area contributed by atoms with Crippen LogP contribution in [0.2, 0.25) is 0 Å². The van der Waals surface area contributed by atoms with E-state index in [9.17, 15) is 5.11 Å². The van der Waals surface area contributed by atoms with Crippen molar-refractivity contribution in [2.24, 2.45) is 5.92 Å². The summed E-state index contributed by atoms with van der Waals surface area (Å²) in [5.41, 5.74) is 4.38. The lowest BCUT2D eigenvalue weighted by Crippen LogP contribution is -2.10. The summed E-state index contributed by atoms with van der Waals surface area (Å²) in [5, 5.41) is 10.4. The van der Waals surface area contributed by atoms with E-state index in [1.54, 1.807) is 0 Å². The third-order valence-electron chi connectivity index (χ3n) is 3.62.